The molecule has 1 amide bonds. The van der Waals surface area contributed by atoms with Gasteiger partial charge < -0.3 is 9.84 Å². The van der Waals surface area contributed by atoms with Crippen LogP contribution < -0.4 is 9.64 Å². The Hall–Kier alpha value is -4.23. The maximum Gasteiger partial charge on any atom is 0.300 e. The van der Waals surface area contributed by atoms with E-state index in [1.807, 2.05) is 37.3 Å². The average Bonchev–Trinajstić information content (AvgIpc) is 3.20. The minimum atomic E-state index is -0.888. The first-order valence-corrected chi connectivity index (χ1v) is 12.5. The number of Topliss-reactive ketones (excluding diaryl/α,β-unsaturated/α-hetero) is 1. The van der Waals surface area contributed by atoms with Crippen molar-refractivity contribution in [2.24, 2.45) is 0 Å². The van der Waals surface area contributed by atoms with E-state index in [2.05, 4.69) is 20.9 Å². The van der Waals surface area contributed by atoms with Crippen LogP contribution >= 0.6 is 15.9 Å². The van der Waals surface area contributed by atoms with E-state index in [9.17, 15) is 14.7 Å². The molecule has 7 heteroatoms. The fourth-order valence-corrected chi connectivity index (χ4v) is 4.55. The summed E-state index contributed by atoms with van der Waals surface area (Å²) < 4.78 is 6.75. The van der Waals surface area contributed by atoms with Gasteiger partial charge in [-0.05, 0) is 66.6 Å². The lowest BCUT2D eigenvalue weighted by molar-refractivity contribution is -0.132. The summed E-state index contributed by atoms with van der Waals surface area (Å²) in [5.41, 5.74) is 3.34. The van der Waals surface area contributed by atoms with Gasteiger partial charge in [-0.1, -0.05) is 58.4 Å². The number of carbonyl (C=O) groups is 2. The fourth-order valence-electron chi connectivity index (χ4n) is 4.31. The van der Waals surface area contributed by atoms with E-state index in [1.165, 1.54) is 4.90 Å². The van der Waals surface area contributed by atoms with Gasteiger partial charge in [0.05, 0.1) is 11.3 Å². The van der Waals surface area contributed by atoms with E-state index in [0.29, 0.717) is 29.3 Å². The predicted octanol–water partition coefficient (Wildman–Crippen LogP) is 6.36. The summed E-state index contributed by atoms with van der Waals surface area (Å²) in [6.07, 6.45) is 1.60. The molecule has 0 aliphatic carbocycles. The highest BCUT2D eigenvalue weighted by atomic mass is 79.9. The number of pyridine rings is 1. The Morgan fingerprint density at radius 1 is 0.973 bits per heavy atom. The largest absolute Gasteiger partial charge is 0.507 e. The van der Waals surface area contributed by atoms with Gasteiger partial charge in [0, 0.05) is 21.9 Å². The topological polar surface area (TPSA) is 79.7 Å². The van der Waals surface area contributed by atoms with Gasteiger partial charge in [0.1, 0.15) is 24.2 Å². The number of aryl methyl sites for hydroxylation is 1. The molecule has 4 aromatic rings. The van der Waals surface area contributed by atoms with E-state index in [0.717, 1.165) is 15.6 Å². The zero-order valence-electron chi connectivity index (χ0n) is 20.0. The third kappa shape index (κ3) is 4.90. The molecule has 0 radical (unpaired) electrons. The number of rotatable bonds is 6. The van der Waals surface area contributed by atoms with Crippen molar-refractivity contribution < 1.29 is 19.4 Å². The maximum atomic E-state index is 13.3. The van der Waals surface area contributed by atoms with Gasteiger partial charge >= 0.3 is 0 Å². The standard InChI is InChI=1S/C30H23BrN2O4/c1-19-17-21(10-15-24(19)31)28(34)26-27(25-9-5-6-16-32-25)33(30(36)29(26)35)22-11-13-23(14-12-22)37-18-20-7-3-2-4-8-20/h2-17,27,34H,18H2,1H3/b28-26-. The summed E-state index contributed by atoms with van der Waals surface area (Å²) in [6.45, 7) is 2.29. The molecule has 1 unspecified atom stereocenters. The molecule has 5 rings (SSSR count). The molecule has 1 aromatic heterocycles. The van der Waals surface area contributed by atoms with Crippen molar-refractivity contribution in [1.82, 2.24) is 4.98 Å². The van der Waals surface area contributed by atoms with Gasteiger partial charge in [0.15, 0.2) is 0 Å². The van der Waals surface area contributed by atoms with Crippen LogP contribution in [0.4, 0.5) is 5.69 Å². The van der Waals surface area contributed by atoms with E-state index < -0.39 is 17.7 Å². The third-order valence-corrected chi connectivity index (χ3v) is 7.10. The summed E-state index contributed by atoms with van der Waals surface area (Å²) in [6, 6.07) is 26.4. The molecule has 0 spiro atoms. The number of halogens is 1. The number of benzene rings is 3. The van der Waals surface area contributed by atoms with Crippen molar-refractivity contribution >= 4 is 39.1 Å². The first kappa shape index (κ1) is 24.5. The highest BCUT2D eigenvalue weighted by Gasteiger charge is 2.47. The third-order valence-electron chi connectivity index (χ3n) is 6.21. The van der Waals surface area contributed by atoms with Crippen LogP contribution in [-0.2, 0) is 16.2 Å². The second-order valence-corrected chi connectivity index (χ2v) is 9.51. The molecule has 1 aliphatic heterocycles. The number of hydrogen-bond acceptors (Lipinski definition) is 5. The Bertz CT molecular complexity index is 1490. The van der Waals surface area contributed by atoms with Crippen LogP contribution in [0.1, 0.15) is 28.4 Å². The van der Waals surface area contributed by atoms with Gasteiger partial charge in [0.25, 0.3) is 11.7 Å². The summed E-state index contributed by atoms with van der Waals surface area (Å²) in [7, 11) is 0. The zero-order chi connectivity index (χ0) is 25.9. The number of aliphatic hydroxyl groups excluding tert-OH is 1. The van der Waals surface area contributed by atoms with Crippen LogP contribution in [0.25, 0.3) is 5.76 Å². The van der Waals surface area contributed by atoms with Crippen LogP contribution in [0.3, 0.4) is 0 Å². The van der Waals surface area contributed by atoms with Crippen LogP contribution in [-0.4, -0.2) is 21.8 Å². The van der Waals surface area contributed by atoms with Gasteiger partial charge in [-0.2, -0.15) is 0 Å². The van der Waals surface area contributed by atoms with Gasteiger partial charge in [0.2, 0.25) is 0 Å². The van der Waals surface area contributed by atoms with Crippen LogP contribution in [0.15, 0.2) is 107 Å². The van der Waals surface area contributed by atoms with Gasteiger partial charge in [-0.15, -0.1) is 0 Å². The monoisotopic (exact) mass is 554 g/mol. The molecular formula is C30H23BrN2O4. The first-order valence-electron chi connectivity index (χ1n) is 11.7. The highest BCUT2D eigenvalue weighted by Crippen LogP contribution is 2.42. The van der Waals surface area contributed by atoms with E-state index >= 15 is 0 Å². The minimum absolute atomic E-state index is 0.00479. The van der Waals surface area contributed by atoms with Gasteiger partial charge in [-0.3, -0.25) is 19.5 Å². The molecule has 2 heterocycles. The number of hydrogen-bond donors (Lipinski definition) is 1. The predicted molar refractivity (Wildman–Crippen MR) is 145 cm³/mol. The molecular weight excluding hydrogens is 532 g/mol. The Morgan fingerprint density at radius 2 is 1.70 bits per heavy atom. The molecule has 1 saturated heterocycles. The minimum Gasteiger partial charge on any atom is -0.507 e. The molecule has 6 nitrogen and oxygen atoms in total. The quantitative estimate of drug-likeness (QED) is 0.170. The number of carbonyl (C=O) groups excluding carboxylic acids is 2. The number of ether oxygens (including phenoxy) is 1. The molecule has 184 valence electrons. The molecule has 1 atom stereocenters. The number of ketones is 1. The Kier molecular flexibility index (Phi) is 6.88. The number of aromatic nitrogens is 1. The Labute approximate surface area is 223 Å². The second kappa shape index (κ2) is 10.4. The molecule has 1 fully saturated rings. The second-order valence-electron chi connectivity index (χ2n) is 8.66. The van der Waals surface area contributed by atoms with E-state index in [4.69, 9.17) is 4.74 Å². The highest BCUT2D eigenvalue weighted by molar-refractivity contribution is 9.10. The molecule has 0 saturated carbocycles. The number of anilines is 1. The molecule has 3 aromatic carbocycles. The summed E-state index contributed by atoms with van der Waals surface area (Å²) in [5.74, 6) is -1.11. The summed E-state index contributed by atoms with van der Waals surface area (Å²) in [4.78, 5) is 32.4. The van der Waals surface area contributed by atoms with Crippen LogP contribution in [0.5, 0.6) is 5.75 Å². The smallest absolute Gasteiger partial charge is 0.300 e. The molecule has 0 bridgehead atoms. The van der Waals surface area contributed by atoms with Crippen molar-refractivity contribution in [3.63, 3.8) is 0 Å². The SMILES string of the molecule is Cc1cc(/C(O)=C2/C(=O)C(=O)N(c3ccc(OCc4ccccc4)cc3)C2c2ccccn2)ccc1Br. The van der Waals surface area contributed by atoms with Crippen molar-refractivity contribution in [3.8, 4) is 5.75 Å². The summed E-state index contributed by atoms with van der Waals surface area (Å²) >= 11 is 3.45. The van der Waals surface area contributed by atoms with E-state index in [1.54, 1.807) is 66.9 Å². The van der Waals surface area contributed by atoms with Crippen LogP contribution in [0, 0.1) is 6.92 Å². The Morgan fingerprint density at radius 3 is 2.38 bits per heavy atom. The molecule has 1 aliphatic rings. The lowest BCUT2D eigenvalue weighted by Gasteiger charge is -2.24. The van der Waals surface area contributed by atoms with Crippen molar-refractivity contribution in [1.29, 1.82) is 0 Å². The Balaban J connectivity index is 1.53. The van der Waals surface area contributed by atoms with Gasteiger partial charge in [-0.25, -0.2) is 0 Å². The number of nitrogens with zero attached hydrogens (tertiary/aromatic N) is 2. The number of aliphatic hydroxyl groups is 1. The van der Waals surface area contributed by atoms with E-state index in [-0.39, 0.29) is 11.3 Å². The van der Waals surface area contributed by atoms with Crippen molar-refractivity contribution in [2.75, 3.05) is 4.90 Å². The number of amides is 1. The molecule has 37 heavy (non-hydrogen) atoms. The first-order chi connectivity index (χ1) is 17.9. The average molecular weight is 555 g/mol. The maximum absolute atomic E-state index is 13.3. The lowest BCUT2D eigenvalue weighted by atomic mass is 9.97. The fraction of sp³-hybridized carbons (Fsp3) is 0.100. The van der Waals surface area contributed by atoms with Crippen molar-refractivity contribution in [2.45, 2.75) is 19.6 Å². The summed E-state index contributed by atoms with van der Waals surface area (Å²) in [5, 5.41) is 11.3. The zero-order valence-corrected chi connectivity index (χ0v) is 21.6. The van der Waals surface area contributed by atoms with Crippen molar-refractivity contribution in [3.05, 3.63) is 130 Å². The lowest BCUT2D eigenvalue weighted by Crippen LogP contribution is -2.29. The molecule has 1 N–H and O–H groups in total. The normalized spacial score (nSPS) is 16.7. The van der Waals surface area contributed by atoms with Crippen LogP contribution in [0.2, 0.25) is 0 Å².